The van der Waals surface area contributed by atoms with E-state index < -0.39 is 5.66 Å². The van der Waals surface area contributed by atoms with Crippen LogP contribution in [0.15, 0.2) is 35.7 Å². The number of likely N-dealkylation sites (N-methyl/N-ethyl adjacent to an activating group) is 2. The summed E-state index contributed by atoms with van der Waals surface area (Å²) in [6.07, 6.45) is 1.58. The van der Waals surface area contributed by atoms with Crippen molar-refractivity contribution in [3.05, 3.63) is 51.7 Å². The fraction of sp³-hybridized carbons (Fsp3) is 0.353. The van der Waals surface area contributed by atoms with E-state index in [1.807, 2.05) is 33.3 Å². The normalized spacial score (nSPS) is 13.5. The Bertz CT molecular complexity index is 640. The average Bonchev–Trinajstić information content (AvgIpc) is 2.98. The second-order valence-corrected chi connectivity index (χ2v) is 6.26. The van der Waals surface area contributed by atoms with Gasteiger partial charge < -0.3 is 10.2 Å². The number of aryl methyl sites for hydroxylation is 1. The van der Waals surface area contributed by atoms with Crippen LogP contribution in [0, 0.1) is 6.92 Å². The lowest BCUT2D eigenvalue weighted by molar-refractivity contribution is -0.123. The zero-order valence-electron chi connectivity index (χ0n) is 13.5. The minimum absolute atomic E-state index is 0.549. The van der Waals surface area contributed by atoms with Crippen LogP contribution in [0.2, 0.25) is 0 Å². The maximum atomic E-state index is 11.5. The Morgan fingerprint density at radius 1 is 1.27 bits per heavy atom. The summed E-state index contributed by atoms with van der Waals surface area (Å²) in [6, 6.07) is 10.3. The van der Waals surface area contributed by atoms with E-state index in [-0.39, 0.29) is 0 Å². The van der Waals surface area contributed by atoms with Crippen LogP contribution < -0.4 is 10.6 Å². The van der Waals surface area contributed by atoms with E-state index in [4.69, 9.17) is 0 Å². The quantitative estimate of drug-likeness (QED) is 0.610. The molecule has 0 aliphatic rings. The Morgan fingerprint density at radius 3 is 2.55 bits per heavy atom. The molecule has 0 saturated heterocycles. The third-order valence-electron chi connectivity index (χ3n) is 4.14. The van der Waals surface area contributed by atoms with Gasteiger partial charge in [-0.1, -0.05) is 18.2 Å². The lowest BCUT2D eigenvalue weighted by atomic mass is 9.93. The zero-order chi connectivity index (χ0) is 16.2. The Hall–Kier alpha value is -1.85. The Morgan fingerprint density at radius 2 is 2.00 bits per heavy atom. The summed E-state index contributed by atoms with van der Waals surface area (Å²) in [5, 5.41) is 8.68. The molecule has 1 aromatic heterocycles. The summed E-state index contributed by atoms with van der Waals surface area (Å²) in [4.78, 5) is 14.4. The number of amides is 1. The van der Waals surface area contributed by atoms with Crippen molar-refractivity contribution < 1.29 is 4.79 Å². The third-order valence-corrected chi connectivity index (χ3v) is 5.31. The van der Waals surface area contributed by atoms with Gasteiger partial charge in [-0.3, -0.25) is 10.1 Å². The summed E-state index contributed by atoms with van der Waals surface area (Å²) < 4.78 is 0. The van der Waals surface area contributed by atoms with Crippen LogP contribution >= 0.6 is 11.3 Å². The van der Waals surface area contributed by atoms with E-state index in [9.17, 15) is 4.79 Å². The molecule has 1 amide bonds. The molecule has 0 radical (unpaired) electrons. The Kier molecular flexibility index (Phi) is 5.21. The molecule has 2 aromatic rings. The van der Waals surface area contributed by atoms with Crippen LogP contribution in [-0.2, 0) is 16.9 Å². The first kappa shape index (κ1) is 16.5. The number of para-hydroxylation sites is 1. The van der Waals surface area contributed by atoms with E-state index in [1.165, 1.54) is 11.1 Å². The van der Waals surface area contributed by atoms with Gasteiger partial charge in [0.2, 0.25) is 6.41 Å². The summed E-state index contributed by atoms with van der Waals surface area (Å²) in [5.41, 5.74) is 2.89. The van der Waals surface area contributed by atoms with Crippen molar-refractivity contribution in [2.45, 2.75) is 19.0 Å². The molecule has 0 aliphatic heterocycles. The largest absolute Gasteiger partial charge is 0.388 e. The highest BCUT2D eigenvalue weighted by Gasteiger charge is 2.37. The second kappa shape index (κ2) is 6.94. The molecule has 1 unspecified atom stereocenters. The Labute approximate surface area is 136 Å². The van der Waals surface area contributed by atoms with Crippen molar-refractivity contribution in [3.63, 3.8) is 0 Å². The number of nitrogens with zero attached hydrogens (tertiary/aromatic N) is 1. The Balaban J connectivity index is 2.54. The fourth-order valence-electron chi connectivity index (χ4n) is 2.82. The van der Waals surface area contributed by atoms with Gasteiger partial charge in [-0.05, 0) is 42.6 Å². The number of nitrogens with one attached hydrogen (secondary N) is 2. The van der Waals surface area contributed by atoms with E-state index >= 15 is 0 Å². The van der Waals surface area contributed by atoms with Crippen molar-refractivity contribution in [3.8, 4) is 0 Å². The summed E-state index contributed by atoms with van der Waals surface area (Å²) >= 11 is 1.67. The minimum atomic E-state index is -0.549. The van der Waals surface area contributed by atoms with Crippen LogP contribution in [0.1, 0.15) is 16.0 Å². The summed E-state index contributed by atoms with van der Waals surface area (Å²) in [5.74, 6) is 0. The topological polar surface area (TPSA) is 44.4 Å². The molecule has 22 heavy (non-hydrogen) atoms. The van der Waals surface area contributed by atoms with Crippen molar-refractivity contribution >= 4 is 23.4 Å². The highest BCUT2D eigenvalue weighted by Crippen LogP contribution is 2.35. The van der Waals surface area contributed by atoms with Crippen LogP contribution in [0.3, 0.4) is 0 Å². The van der Waals surface area contributed by atoms with Crippen LogP contribution in [0.4, 0.5) is 5.69 Å². The van der Waals surface area contributed by atoms with Gasteiger partial charge in [-0.2, -0.15) is 0 Å². The predicted octanol–water partition coefficient (Wildman–Crippen LogP) is 2.80. The zero-order valence-corrected chi connectivity index (χ0v) is 14.3. The van der Waals surface area contributed by atoms with E-state index in [1.54, 1.807) is 16.2 Å². The number of carbonyl (C=O) groups is 1. The monoisotopic (exact) mass is 317 g/mol. The average molecular weight is 317 g/mol. The molecule has 1 heterocycles. The van der Waals surface area contributed by atoms with Gasteiger partial charge in [0.25, 0.3) is 0 Å². The molecule has 0 fully saturated rings. The van der Waals surface area contributed by atoms with Gasteiger partial charge in [-0.15, -0.1) is 11.3 Å². The van der Waals surface area contributed by atoms with E-state index in [0.717, 1.165) is 17.0 Å². The predicted molar refractivity (Wildman–Crippen MR) is 93.3 cm³/mol. The molecule has 0 spiro atoms. The molecular weight excluding hydrogens is 294 g/mol. The molecule has 2 rings (SSSR count). The number of hydrogen-bond donors (Lipinski definition) is 2. The van der Waals surface area contributed by atoms with Crippen molar-refractivity contribution in [2.75, 3.05) is 26.5 Å². The number of carbonyl (C=O) groups excluding carboxylic acids is 1. The smallest absolute Gasteiger partial charge is 0.211 e. The van der Waals surface area contributed by atoms with Gasteiger partial charge >= 0.3 is 0 Å². The lowest BCUT2D eigenvalue weighted by Crippen LogP contribution is -2.54. The summed E-state index contributed by atoms with van der Waals surface area (Å²) in [7, 11) is 5.64. The lowest BCUT2D eigenvalue weighted by Gasteiger charge is -2.40. The van der Waals surface area contributed by atoms with Crippen LogP contribution in [-0.4, -0.2) is 32.5 Å². The molecule has 4 nitrogen and oxygen atoms in total. The number of rotatable bonds is 7. The molecule has 0 bridgehead atoms. The first-order valence-electron chi connectivity index (χ1n) is 7.26. The minimum Gasteiger partial charge on any atom is -0.388 e. The second-order valence-electron chi connectivity index (χ2n) is 5.34. The SMILES string of the molecule is CNc1ccccc1CC(NC)(c1sccc1C)N(C)C=O. The standard InChI is InChI=1S/C17H23N3OS/c1-13-9-10-22-16(13)17(19-3,20(4)12-21)11-14-7-5-6-8-15(14)18-2/h5-10,12,18-19H,11H2,1-4H3. The highest BCUT2D eigenvalue weighted by molar-refractivity contribution is 7.10. The van der Waals surface area contributed by atoms with Crippen LogP contribution in [0.25, 0.3) is 0 Å². The number of thiophene rings is 1. The molecule has 1 atom stereocenters. The first-order chi connectivity index (χ1) is 10.6. The van der Waals surface area contributed by atoms with E-state index in [2.05, 4.69) is 41.1 Å². The molecule has 1 aromatic carbocycles. The highest BCUT2D eigenvalue weighted by atomic mass is 32.1. The van der Waals surface area contributed by atoms with Crippen molar-refractivity contribution in [1.29, 1.82) is 0 Å². The van der Waals surface area contributed by atoms with E-state index in [0.29, 0.717) is 6.42 Å². The number of benzene rings is 1. The number of hydrogen-bond acceptors (Lipinski definition) is 4. The van der Waals surface area contributed by atoms with Crippen molar-refractivity contribution in [1.82, 2.24) is 10.2 Å². The van der Waals surface area contributed by atoms with Crippen LogP contribution in [0.5, 0.6) is 0 Å². The molecule has 0 aliphatic carbocycles. The van der Waals surface area contributed by atoms with Gasteiger partial charge in [0.05, 0.1) is 0 Å². The van der Waals surface area contributed by atoms with Crippen molar-refractivity contribution in [2.24, 2.45) is 0 Å². The van der Waals surface area contributed by atoms with Gasteiger partial charge in [-0.25, -0.2) is 0 Å². The maximum absolute atomic E-state index is 11.5. The van der Waals surface area contributed by atoms with Gasteiger partial charge in [0.15, 0.2) is 0 Å². The third kappa shape index (κ3) is 2.87. The molecule has 2 N–H and O–H groups in total. The maximum Gasteiger partial charge on any atom is 0.211 e. The fourth-order valence-corrected chi connectivity index (χ4v) is 4.00. The van der Waals surface area contributed by atoms with Gasteiger partial charge in [0.1, 0.15) is 5.66 Å². The molecular formula is C17H23N3OS. The summed E-state index contributed by atoms with van der Waals surface area (Å²) in [6.45, 7) is 2.08. The number of anilines is 1. The molecule has 118 valence electrons. The first-order valence-corrected chi connectivity index (χ1v) is 8.14. The van der Waals surface area contributed by atoms with Gasteiger partial charge in [0, 0.05) is 31.1 Å². The molecule has 5 heteroatoms. The molecule has 0 saturated carbocycles.